The number of alkyl halides is 3. The van der Waals surface area contributed by atoms with Gasteiger partial charge in [-0.3, -0.25) is 0 Å². The van der Waals surface area contributed by atoms with E-state index in [2.05, 4.69) is 10.3 Å². The Kier molecular flexibility index (Phi) is 4.74. The molecule has 0 aliphatic rings. The highest BCUT2D eigenvalue weighted by Gasteiger charge is 2.30. The minimum Gasteiger partial charge on any atom is -0.384 e. The highest BCUT2D eigenvalue weighted by molar-refractivity contribution is 5.36. The van der Waals surface area contributed by atoms with Gasteiger partial charge in [-0.05, 0) is 18.1 Å². The van der Waals surface area contributed by atoms with Gasteiger partial charge in [0.2, 0.25) is 0 Å². The van der Waals surface area contributed by atoms with Gasteiger partial charge in [0.15, 0.2) is 0 Å². The largest absolute Gasteiger partial charge is 0.417 e. The molecule has 0 saturated carbocycles. The van der Waals surface area contributed by atoms with Crippen LogP contribution in [0, 0.1) is 5.92 Å². The van der Waals surface area contributed by atoms with Crippen molar-refractivity contribution in [1.82, 2.24) is 4.98 Å². The van der Waals surface area contributed by atoms with Crippen molar-refractivity contribution >= 4 is 5.82 Å². The number of halogens is 3. The fraction of sp³-hybridized carbons (Fsp3) is 0.545. The number of nitrogens with zero attached hydrogens (tertiary/aromatic N) is 1. The van der Waals surface area contributed by atoms with E-state index in [1.54, 1.807) is 7.11 Å². The molecule has 0 amide bonds. The number of methoxy groups -OCH3 is 1. The zero-order chi connectivity index (χ0) is 12.9. The van der Waals surface area contributed by atoms with Crippen molar-refractivity contribution in [1.29, 1.82) is 0 Å². The van der Waals surface area contributed by atoms with Crippen molar-refractivity contribution in [2.24, 2.45) is 5.92 Å². The normalized spacial score (nSPS) is 13.5. The van der Waals surface area contributed by atoms with E-state index in [4.69, 9.17) is 4.74 Å². The summed E-state index contributed by atoms with van der Waals surface area (Å²) in [6.45, 7) is 3.17. The molecule has 1 aromatic heterocycles. The summed E-state index contributed by atoms with van der Waals surface area (Å²) in [5, 5.41) is 2.95. The zero-order valence-electron chi connectivity index (χ0n) is 9.71. The first-order valence-corrected chi connectivity index (χ1v) is 5.19. The number of rotatable bonds is 5. The number of aromatic nitrogens is 1. The SMILES string of the molecule is COCC(C)CNc1ccc(C(F)(F)F)cn1. The molecule has 17 heavy (non-hydrogen) atoms. The fourth-order valence-electron chi connectivity index (χ4n) is 1.29. The molecule has 1 aromatic rings. The molecular weight excluding hydrogens is 233 g/mol. The molecule has 0 saturated heterocycles. The Balaban J connectivity index is 2.51. The molecule has 3 nitrogen and oxygen atoms in total. The van der Waals surface area contributed by atoms with Crippen LogP contribution in [0.25, 0.3) is 0 Å². The fourth-order valence-corrected chi connectivity index (χ4v) is 1.29. The topological polar surface area (TPSA) is 34.1 Å². The van der Waals surface area contributed by atoms with Gasteiger partial charge in [0.25, 0.3) is 0 Å². The molecule has 0 radical (unpaired) electrons. The first kappa shape index (κ1) is 13.8. The number of pyridine rings is 1. The first-order valence-electron chi connectivity index (χ1n) is 5.19. The Hall–Kier alpha value is -1.30. The van der Waals surface area contributed by atoms with Crippen LogP contribution in [0.15, 0.2) is 18.3 Å². The van der Waals surface area contributed by atoms with Crippen LogP contribution in [-0.2, 0) is 10.9 Å². The molecule has 0 fully saturated rings. The van der Waals surface area contributed by atoms with Crippen molar-refractivity contribution in [3.63, 3.8) is 0 Å². The third kappa shape index (κ3) is 4.60. The van der Waals surface area contributed by atoms with Crippen molar-refractivity contribution in [3.8, 4) is 0 Å². The number of ether oxygens (including phenoxy) is 1. The third-order valence-electron chi connectivity index (χ3n) is 2.17. The van der Waals surface area contributed by atoms with E-state index in [1.807, 2.05) is 6.92 Å². The molecule has 96 valence electrons. The lowest BCUT2D eigenvalue weighted by atomic mass is 10.2. The lowest BCUT2D eigenvalue weighted by Gasteiger charge is -2.12. The average Bonchev–Trinajstić information content (AvgIpc) is 2.26. The third-order valence-corrected chi connectivity index (χ3v) is 2.17. The predicted octanol–water partition coefficient (Wildman–Crippen LogP) is 2.79. The second-order valence-corrected chi connectivity index (χ2v) is 3.87. The smallest absolute Gasteiger partial charge is 0.384 e. The minimum absolute atomic E-state index is 0.268. The summed E-state index contributed by atoms with van der Waals surface area (Å²) < 4.78 is 41.7. The highest BCUT2D eigenvalue weighted by atomic mass is 19.4. The van der Waals surface area contributed by atoms with Gasteiger partial charge < -0.3 is 10.1 Å². The summed E-state index contributed by atoms with van der Waals surface area (Å²) in [7, 11) is 1.60. The summed E-state index contributed by atoms with van der Waals surface area (Å²) in [4.78, 5) is 3.71. The van der Waals surface area contributed by atoms with E-state index >= 15 is 0 Å². The van der Waals surface area contributed by atoms with E-state index in [-0.39, 0.29) is 5.92 Å². The van der Waals surface area contributed by atoms with Crippen LogP contribution in [-0.4, -0.2) is 25.2 Å². The number of anilines is 1. The monoisotopic (exact) mass is 248 g/mol. The standard InChI is InChI=1S/C11H15F3N2O/c1-8(7-17-2)5-15-10-4-3-9(6-16-10)11(12,13)14/h3-4,6,8H,5,7H2,1-2H3,(H,15,16). The van der Waals surface area contributed by atoms with Gasteiger partial charge in [-0.25, -0.2) is 4.98 Å². The van der Waals surface area contributed by atoms with Crippen molar-refractivity contribution in [3.05, 3.63) is 23.9 Å². The van der Waals surface area contributed by atoms with Gasteiger partial charge in [-0.1, -0.05) is 6.92 Å². The van der Waals surface area contributed by atoms with Crippen molar-refractivity contribution < 1.29 is 17.9 Å². The van der Waals surface area contributed by atoms with Crippen LogP contribution in [0.2, 0.25) is 0 Å². The summed E-state index contributed by atoms with van der Waals surface area (Å²) in [6.07, 6.45) is -3.52. The van der Waals surface area contributed by atoms with E-state index in [1.165, 1.54) is 6.07 Å². The van der Waals surface area contributed by atoms with E-state index < -0.39 is 11.7 Å². The van der Waals surface area contributed by atoms with E-state index in [9.17, 15) is 13.2 Å². The highest BCUT2D eigenvalue weighted by Crippen LogP contribution is 2.28. The molecule has 1 rings (SSSR count). The molecule has 0 bridgehead atoms. The molecule has 1 heterocycles. The van der Waals surface area contributed by atoms with Gasteiger partial charge in [0, 0.05) is 19.9 Å². The van der Waals surface area contributed by atoms with Crippen LogP contribution in [0.3, 0.4) is 0 Å². The summed E-state index contributed by atoms with van der Waals surface area (Å²) in [6, 6.07) is 2.33. The maximum atomic E-state index is 12.3. The molecule has 0 aromatic carbocycles. The second-order valence-electron chi connectivity index (χ2n) is 3.87. The number of nitrogens with one attached hydrogen (secondary N) is 1. The molecule has 0 spiro atoms. The number of hydrogen-bond donors (Lipinski definition) is 1. The predicted molar refractivity (Wildman–Crippen MR) is 58.8 cm³/mol. The number of hydrogen-bond acceptors (Lipinski definition) is 3. The lowest BCUT2D eigenvalue weighted by molar-refractivity contribution is -0.137. The van der Waals surface area contributed by atoms with Crippen LogP contribution >= 0.6 is 0 Å². The zero-order valence-corrected chi connectivity index (χ0v) is 9.71. The van der Waals surface area contributed by atoms with Gasteiger partial charge in [-0.15, -0.1) is 0 Å². The van der Waals surface area contributed by atoms with Crippen molar-refractivity contribution in [2.45, 2.75) is 13.1 Å². The summed E-state index contributed by atoms with van der Waals surface area (Å²) in [5.41, 5.74) is -0.743. The quantitative estimate of drug-likeness (QED) is 0.870. The molecule has 1 atom stereocenters. The Morgan fingerprint density at radius 2 is 2.12 bits per heavy atom. The van der Waals surface area contributed by atoms with E-state index in [0.717, 1.165) is 12.3 Å². The van der Waals surface area contributed by atoms with Crippen LogP contribution in [0.5, 0.6) is 0 Å². The Labute approximate surface area is 98.0 Å². The maximum absolute atomic E-state index is 12.3. The Bertz CT molecular complexity index is 338. The maximum Gasteiger partial charge on any atom is 0.417 e. The van der Waals surface area contributed by atoms with Gasteiger partial charge in [-0.2, -0.15) is 13.2 Å². The van der Waals surface area contributed by atoms with E-state index in [0.29, 0.717) is 19.0 Å². The molecule has 1 N–H and O–H groups in total. The molecule has 1 unspecified atom stereocenters. The van der Waals surface area contributed by atoms with Gasteiger partial charge >= 0.3 is 6.18 Å². The summed E-state index contributed by atoms with van der Waals surface area (Å²) in [5.74, 6) is 0.699. The molecule has 6 heteroatoms. The van der Waals surface area contributed by atoms with Crippen LogP contribution < -0.4 is 5.32 Å². The first-order chi connectivity index (χ1) is 7.93. The van der Waals surface area contributed by atoms with Crippen LogP contribution in [0.4, 0.5) is 19.0 Å². The Morgan fingerprint density at radius 3 is 2.59 bits per heavy atom. The van der Waals surface area contributed by atoms with Gasteiger partial charge in [0.1, 0.15) is 5.82 Å². The Morgan fingerprint density at radius 1 is 1.41 bits per heavy atom. The summed E-state index contributed by atoms with van der Waals surface area (Å²) >= 11 is 0. The van der Waals surface area contributed by atoms with Crippen LogP contribution in [0.1, 0.15) is 12.5 Å². The molecule has 0 aliphatic carbocycles. The molecular formula is C11H15F3N2O. The van der Waals surface area contributed by atoms with Gasteiger partial charge in [0.05, 0.1) is 12.2 Å². The van der Waals surface area contributed by atoms with Crippen molar-refractivity contribution in [2.75, 3.05) is 25.6 Å². The average molecular weight is 248 g/mol. The minimum atomic E-state index is -4.34. The lowest BCUT2D eigenvalue weighted by Crippen LogP contribution is -2.16. The second kappa shape index (κ2) is 5.86. The molecule has 0 aliphatic heterocycles.